The van der Waals surface area contributed by atoms with Crippen molar-refractivity contribution >= 4 is 22.4 Å². The van der Waals surface area contributed by atoms with Gasteiger partial charge in [-0.05, 0) is 52.4 Å². The summed E-state index contributed by atoms with van der Waals surface area (Å²) < 4.78 is 2.01. The summed E-state index contributed by atoms with van der Waals surface area (Å²) in [6, 6.07) is 0.519. The normalized spacial score (nSPS) is 22.0. The largest absolute Gasteiger partial charge is 0.389 e. The fraction of sp³-hybridized carbons (Fsp3) is 0.682. The van der Waals surface area contributed by atoms with Gasteiger partial charge in [-0.3, -0.25) is 0 Å². The molecule has 2 saturated carbocycles. The van der Waals surface area contributed by atoms with Gasteiger partial charge in [0.1, 0.15) is 5.60 Å². The Bertz CT molecular complexity index is 903. The van der Waals surface area contributed by atoms with Crippen molar-refractivity contribution in [2.45, 2.75) is 96.2 Å². The zero-order valence-corrected chi connectivity index (χ0v) is 17.1. The summed E-state index contributed by atoms with van der Waals surface area (Å²) >= 11 is 0. The third kappa shape index (κ3) is 2.97. The van der Waals surface area contributed by atoms with E-state index >= 15 is 0 Å². The summed E-state index contributed by atoms with van der Waals surface area (Å²) in [4.78, 5) is 10.8. The van der Waals surface area contributed by atoms with Gasteiger partial charge in [-0.1, -0.05) is 24.4 Å². The third-order valence-corrected chi connectivity index (χ3v) is 6.85. The van der Waals surface area contributed by atoms with Crippen molar-refractivity contribution in [3.8, 4) is 0 Å². The Morgan fingerprint density at radius 3 is 2.71 bits per heavy atom. The van der Waals surface area contributed by atoms with Crippen LogP contribution in [0.15, 0.2) is 11.4 Å². The number of oxime groups is 1. The first-order valence-electron chi connectivity index (χ1n) is 11.1. The smallest absolute Gasteiger partial charge is 0.160 e. The number of anilines is 1. The standard InChI is InChI=1S/C22H31N5O/c1-3-27-21-19(15(2)25-27)20(24-16-9-5-4-6-10-16)17(14-23-21)18-13-22(28-26-18)11-7-8-12-22/h14,16H,3-13H2,1-2H3,(H,23,24). The molecule has 2 aromatic heterocycles. The Balaban J connectivity index is 1.57. The number of pyridine rings is 1. The van der Waals surface area contributed by atoms with E-state index in [-0.39, 0.29) is 5.60 Å². The van der Waals surface area contributed by atoms with E-state index in [2.05, 4.69) is 24.3 Å². The molecule has 0 amide bonds. The molecule has 0 atom stereocenters. The molecule has 28 heavy (non-hydrogen) atoms. The molecule has 3 heterocycles. The molecule has 2 aromatic rings. The molecule has 5 rings (SSSR count). The van der Waals surface area contributed by atoms with Crippen LogP contribution >= 0.6 is 0 Å². The molecule has 2 fully saturated rings. The van der Waals surface area contributed by atoms with Crippen LogP contribution in [-0.4, -0.2) is 32.1 Å². The van der Waals surface area contributed by atoms with Crippen molar-refractivity contribution in [3.63, 3.8) is 0 Å². The highest BCUT2D eigenvalue weighted by molar-refractivity contribution is 6.11. The Morgan fingerprint density at radius 1 is 1.18 bits per heavy atom. The molecule has 2 aliphatic carbocycles. The molecule has 0 radical (unpaired) electrons. The summed E-state index contributed by atoms with van der Waals surface area (Å²) in [5, 5.41) is 14.4. The molecule has 1 spiro atoms. The van der Waals surface area contributed by atoms with Crippen LogP contribution < -0.4 is 5.32 Å². The molecule has 6 heteroatoms. The van der Waals surface area contributed by atoms with Crippen LogP contribution in [0.3, 0.4) is 0 Å². The van der Waals surface area contributed by atoms with Gasteiger partial charge >= 0.3 is 0 Å². The maximum Gasteiger partial charge on any atom is 0.160 e. The first-order chi connectivity index (χ1) is 13.7. The lowest BCUT2D eigenvalue weighted by molar-refractivity contribution is -0.0126. The Morgan fingerprint density at radius 2 is 1.96 bits per heavy atom. The molecular weight excluding hydrogens is 350 g/mol. The van der Waals surface area contributed by atoms with E-state index in [0.29, 0.717) is 6.04 Å². The molecule has 0 unspecified atom stereocenters. The molecule has 0 bridgehead atoms. The fourth-order valence-electron chi connectivity index (χ4n) is 5.31. The van der Waals surface area contributed by atoms with Gasteiger partial charge in [-0.15, -0.1) is 0 Å². The lowest BCUT2D eigenvalue weighted by Gasteiger charge is -2.26. The minimum absolute atomic E-state index is 0.0605. The molecule has 1 aliphatic heterocycles. The zero-order valence-electron chi connectivity index (χ0n) is 17.1. The third-order valence-electron chi connectivity index (χ3n) is 6.85. The second-order valence-corrected chi connectivity index (χ2v) is 8.82. The average Bonchev–Trinajstić information content (AvgIpc) is 3.43. The first kappa shape index (κ1) is 18.0. The SMILES string of the molecule is CCn1nc(C)c2c(NC3CCCCC3)c(C3=NOC4(CCCC4)C3)cnc21. The van der Waals surface area contributed by atoms with Crippen LogP contribution in [-0.2, 0) is 11.4 Å². The average molecular weight is 382 g/mol. The van der Waals surface area contributed by atoms with Gasteiger partial charge in [0, 0.05) is 30.8 Å². The molecule has 0 aromatic carbocycles. The van der Waals surface area contributed by atoms with Crippen molar-refractivity contribution in [2.75, 3.05) is 5.32 Å². The van der Waals surface area contributed by atoms with Crippen LogP contribution in [0.1, 0.15) is 82.4 Å². The summed E-state index contributed by atoms with van der Waals surface area (Å²) in [5.74, 6) is 0. The van der Waals surface area contributed by atoms with E-state index in [1.165, 1.54) is 50.6 Å². The highest BCUT2D eigenvalue weighted by Crippen LogP contribution is 2.42. The number of fused-ring (bicyclic) bond motifs is 1. The minimum Gasteiger partial charge on any atom is -0.389 e. The van der Waals surface area contributed by atoms with Gasteiger partial charge in [-0.25, -0.2) is 9.67 Å². The molecule has 6 nitrogen and oxygen atoms in total. The van der Waals surface area contributed by atoms with Gasteiger partial charge in [0.15, 0.2) is 5.65 Å². The highest BCUT2D eigenvalue weighted by Gasteiger charge is 2.42. The monoisotopic (exact) mass is 381 g/mol. The number of hydrogen-bond donors (Lipinski definition) is 1. The lowest BCUT2D eigenvalue weighted by atomic mass is 9.91. The second kappa shape index (κ2) is 7.05. The minimum atomic E-state index is -0.0605. The first-order valence-corrected chi connectivity index (χ1v) is 11.1. The predicted molar refractivity (Wildman–Crippen MR) is 112 cm³/mol. The summed E-state index contributed by atoms with van der Waals surface area (Å²) in [6.07, 6.45) is 14.1. The van der Waals surface area contributed by atoms with E-state index in [1.807, 2.05) is 10.9 Å². The van der Waals surface area contributed by atoms with E-state index in [9.17, 15) is 0 Å². The number of aromatic nitrogens is 3. The van der Waals surface area contributed by atoms with E-state index < -0.39 is 0 Å². The van der Waals surface area contributed by atoms with Gasteiger partial charge < -0.3 is 10.2 Å². The van der Waals surface area contributed by atoms with Crippen molar-refractivity contribution in [1.29, 1.82) is 0 Å². The van der Waals surface area contributed by atoms with Crippen molar-refractivity contribution in [1.82, 2.24) is 14.8 Å². The van der Waals surface area contributed by atoms with Crippen LogP contribution in [0.2, 0.25) is 0 Å². The lowest BCUT2D eigenvalue weighted by Crippen LogP contribution is -2.26. The Labute approximate surface area is 166 Å². The van der Waals surface area contributed by atoms with Gasteiger partial charge in [0.05, 0.1) is 22.5 Å². The Hall–Kier alpha value is -2.11. The van der Waals surface area contributed by atoms with Crippen LogP contribution in [0.4, 0.5) is 5.69 Å². The summed E-state index contributed by atoms with van der Waals surface area (Å²) in [6.45, 7) is 5.04. The number of rotatable bonds is 4. The fourth-order valence-corrected chi connectivity index (χ4v) is 5.31. The van der Waals surface area contributed by atoms with E-state index in [1.54, 1.807) is 0 Å². The Kier molecular flexibility index (Phi) is 4.52. The summed E-state index contributed by atoms with van der Waals surface area (Å²) in [7, 11) is 0. The van der Waals surface area contributed by atoms with Gasteiger partial charge in [-0.2, -0.15) is 5.10 Å². The molecule has 1 N–H and O–H groups in total. The van der Waals surface area contributed by atoms with Gasteiger partial charge in [0.25, 0.3) is 0 Å². The van der Waals surface area contributed by atoms with Crippen molar-refractivity contribution < 1.29 is 4.84 Å². The number of aryl methyl sites for hydroxylation is 2. The van der Waals surface area contributed by atoms with E-state index in [0.717, 1.165) is 53.8 Å². The quantitative estimate of drug-likeness (QED) is 0.814. The van der Waals surface area contributed by atoms with Crippen molar-refractivity contribution in [3.05, 3.63) is 17.5 Å². The number of hydrogen-bond acceptors (Lipinski definition) is 5. The molecule has 150 valence electrons. The molecule has 0 saturated heterocycles. The summed E-state index contributed by atoms with van der Waals surface area (Å²) in [5.41, 5.74) is 5.29. The van der Waals surface area contributed by atoms with E-state index in [4.69, 9.17) is 14.9 Å². The number of nitrogens with zero attached hydrogens (tertiary/aromatic N) is 4. The highest BCUT2D eigenvalue weighted by atomic mass is 16.7. The van der Waals surface area contributed by atoms with Crippen LogP contribution in [0.5, 0.6) is 0 Å². The van der Waals surface area contributed by atoms with Gasteiger partial charge in [0.2, 0.25) is 0 Å². The van der Waals surface area contributed by atoms with Crippen LogP contribution in [0, 0.1) is 6.92 Å². The zero-order chi connectivity index (χ0) is 19.1. The predicted octanol–water partition coefficient (Wildman–Crippen LogP) is 4.94. The molecular formula is C22H31N5O. The maximum absolute atomic E-state index is 5.99. The van der Waals surface area contributed by atoms with Crippen molar-refractivity contribution in [2.24, 2.45) is 5.16 Å². The molecule has 3 aliphatic rings. The number of nitrogens with one attached hydrogen (secondary N) is 1. The second-order valence-electron chi connectivity index (χ2n) is 8.82. The topological polar surface area (TPSA) is 64.3 Å². The maximum atomic E-state index is 5.99. The van der Waals surface area contributed by atoms with Crippen LogP contribution in [0.25, 0.3) is 11.0 Å².